The Morgan fingerprint density at radius 3 is 2.13 bits per heavy atom. The molecule has 12 heteroatoms. The van der Waals surface area contributed by atoms with Gasteiger partial charge in [0.25, 0.3) is 0 Å². The third-order valence-corrected chi connectivity index (χ3v) is 7.11. The van der Waals surface area contributed by atoms with Crippen LogP contribution >= 0.6 is 0 Å². The molecule has 3 aromatic rings. The number of carbonyl (C=O) groups excluding carboxylic acids is 3. The van der Waals surface area contributed by atoms with Gasteiger partial charge in [-0.1, -0.05) is 12.1 Å². The van der Waals surface area contributed by atoms with E-state index >= 15 is 0 Å². The Hall–Kier alpha value is -4.35. The average molecular weight is 631 g/mol. The zero-order valence-electron chi connectivity index (χ0n) is 26.8. The smallest absolute Gasteiger partial charge is 0.419 e. The maximum absolute atomic E-state index is 13.6. The van der Waals surface area contributed by atoms with Crippen LogP contribution in [-0.2, 0) is 14.2 Å². The average Bonchev–Trinajstić information content (AvgIpc) is 3.39. The minimum atomic E-state index is -3.13. The SMILES string of the molecule is COC(=O)c1ccc([C@@H]2CN(C(=O)OC(C)(C)C)CC[C@H]2Oc2c(OC(F)F)cc(C)c3c2ccn3C(=O)OC(C)(C)C)cc1. The molecule has 0 aliphatic carbocycles. The Balaban J connectivity index is 1.77. The fraction of sp³-hybridized carbons (Fsp3) is 0.485. The van der Waals surface area contributed by atoms with E-state index in [9.17, 15) is 23.2 Å². The first-order chi connectivity index (χ1) is 21.0. The van der Waals surface area contributed by atoms with Gasteiger partial charge >= 0.3 is 24.8 Å². The van der Waals surface area contributed by atoms with Crippen LogP contribution in [0.2, 0.25) is 0 Å². The molecule has 1 aromatic heterocycles. The van der Waals surface area contributed by atoms with Gasteiger partial charge in [0.05, 0.1) is 18.2 Å². The van der Waals surface area contributed by atoms with Crippen molar-refractivity contribution in [1.82, 2.24) is 9.47 Å². The van der Waals surface area contributed by atoms with E-state index in [0.717, 1.165) is 5.56 Å². The number of esters is 1. The number of carbonyl (C=O) groups is 3. The second-order valence-electron chi connectivity index (χ2n) is 12.9. The molecule has 2 atom stereocenters. The van der Waals surface area contributed by atoms with Crippen LogP contribution in [0.3, 0.4) is 0 Å². The summed E-state index contributed by atoms with van der Waals surface area (Å²) in [5.41, 5.74) is 0.531. The normalized spacial score (nSPS) is 17.3. The minimum Gasteiger partial charge on any atom is -0.485 e. The van der Waals surface area contributed by atoms with Gasteiger partial charge in [0.2, 0.25) is 0 Å². The number of piperidine rings is 1. The Labute approximate surface area is 261 Å². The number of halogens is 2. The summed E-state index contributed by atoms with van der Waals surface area (Å²) in [4.78, 5) is 39.7. The highest BCUT2D eigenvalue weighted by atomic mass is 19.3. The van der Waals surface area contributed by atoms with Crippen LogP contribution in [-0.4, -0.2) is 71.7 Å². The summed E-state index contributed by atoms with van der Waals surface area (Å²) < 4.78 is 56.0. The van der Waals surface area contributed by atoms with Crippen molar-refractivity contribution in [1.29, 1.82) is 0 Å². The second kappa shape index (κ2) is 12.9. The molecule has 0 N–H and O–H groups in total. The summed E-state index contributed by atoms with van der Waals surface area (Å²) in [6.45, 7) is 9.58. The summed E-state index contributed by atoms with van der Waals surface area (Å²) in [5.74, 6) is -1.11. The molecule has 0 bridgehead atoms. The molecule has 1 aliphatic rings. The number of aromatic nitrogens is 1. The predicted molar refractivity (Wildman–Crippen MR) is 162 cm³/mol. The van der Waals surface area contributed by atoms with Crippen molar-refractivity contribution < 1.29 is 46.8 Å². The lowest BCUT2D eigenvalue weighted by molar-refractivity contribution is -0.0528. The van der Waals surface area contributed by atoms with Gasteiger partial charge in [-0.15, -0.1) is 0 Å². The molecule has 0 unspecified atom stereocenters. The Bertz CT molecular complexity index is 1550. The zero-order chi connectivity index (χ0) is 33.3. The van der Waals surface area contributed by atoms with Gasteiger partial charge in [-0.05, 0) is 83.9 Å². The van der Waals surface area contributed by atoms with Crippen molar-refractivity contribution in [2.24, 2.45) is 0 Å². The van der Waals surface area contributed by atoms with E-state index in [4.69, 9.17) is 23.7 Å². The summed E-state index contributed by atoms with van der Waals surface area (Å²) in [6.07, 6.45) is 0.0652. The number of amides is 1. The summed E-state index contributed by atoms with van der Waals surface area (Å²) >= 11 is 0. The first-order valence-corrected chi connectivity index (χ1v) is 14.6. The highest BCUT2D eigenvalue weighted by Crippen LogP contribution is 2.43. The standard InChI is InChI=1S/C33H40F2N2O8/c1-19-17-25(43-29(34)35)27(22-13-16-37(26(19)22)31(40)45-33(5,6)7)42-24-14-15-36(30(39)44-32(2,3)4)18-23(24)20-9-11-21(12-10-20)28(38)41-8/h9-13,16-17,23-24,29H,14-15,18H2,1-8H3/t23-,24+/m0/s1. The van der Waals surface area contributed by atoms with E-state index in [-0.39, 0.29) is 24.6 Å². The van der Waals surface area contributed by atoms with Crippen LogP contribution in [0, 0.1) is 6.92 Å². The van der Waals surface area contributed by atoms with Crippen molar-refractivity contribution in [2.45, 2.75) is 84.7 Å². The lowest BCUT2D eigenvalue weighted by Crippen LogP contribution is -2.48. The van der Waals surface area contributed by atoms with E-state index in [0.29, 0.717) is 28.5 Å². The molecule has 2 heterocycles. The Morgan fingerprint density at radius 2 is 1.56 bits per heavy atom. The molecule has 2 aromatic carbocycles. The number of fused-ring (bicyclic) bond motifs is 1. The van der Waals surface area contributed by atoms with Crippen molar-refractivity contribution in [3.8, 4) is 11.5 Å². The quantitative estimate of drug-likeness (QED) is 0.207. The van der Waals surface area contributed by atoms with Crippen LogP contribution < -0.4 is 9.47 Å². The van der Waals surface area contributed by atoms with Crippen molar-refractivity contribution >= 4 is 29.1 Å². The molecule has 1 amide bonds. The van der Waals surface area contributed by atoms with E-state index in [1.165, 1.54) is 23.9 Å². The van der Waals surface area contributed by atoms with Gasteiger partial charge in [-0.2, -0.15) is 8.78 Å². The van der Waals surface area contributed by atoms with Crippen molar-refractivity contribution in [3.63, 3.8) is 0 Å². The zero-order valence-corrected chi connectivity index (χ0v) is 26.8. The summed E-state index contributed by atoms with van der Waals surface area (Å²) in [7, 11) is 1.29. The largest absolute Gasteiger partial charge is 0.485 e. The van der Waals surface area contributed by atoms with Crippen LogP contribution in [0.5, 0.6) is 11.5 Å². The van der Waals surface area contributed by atoms with Crippen molar-refractivity contribution in [3.05, 3.63) is 59.3 Å². The van der Waals surface area contributed by atoms with Gasteiger partial charge < -0.3 is 28.6 Å². The fourth-order valence-corrected chi connectivity index (χ4v) is 5.27. The first-order valence-electron chi connectivity index (χ1n) is 14.6. The Kier molecular flexibility index (Phi) is 9.65. The second-order valence-corrected chi connectivity index (χ2v) is 12.9. The molecule has 1 saturated heterocycles. The van der Waals surface area contributed by atoms with E-state index in [1.807, 2.05) is 0 Å². The highest BCUT2D eigenvalue weighted by molar-refractivity contribution is 5.97. The number of alkyl halides is 2. The monoisotopic (exact) mass is 630 g/mol. The third kappa shape index (κ3) is 8.03. The van der Waals surface area contributed by atoms with Gasteiger partial charge in [0.15, 0.2) is 11.5 Å². The third-order valence-electron chi connectivity index (χ3n) is 7.11. The molecule has 0 saturated carbocycles. The van der Waals surface area contributed by atoms with Crippen LogP contribution in [0.25, 0.3) is 10.9 Å². The van der Waals surface area contributed by atoms with Gasteiger partial charge in [-0.25, -0.2) is 14.4 Å². The molecule has 0 spiro atoms. The van der Waals surface area contributed by atoms with Gasteiger partial charge in [0.1, 0.15) is 17.3 Å². The lowest BCUT2D eigenvalue weighted by Gasteiger charge is -2.39. The maximum atomic E-state index is 13.6. The fourth-order valence-electron chi connectivity index (χ4n) is 5.27. The summed E-state index contributed by atoms with van der Waals surface area (Å²) in [5, 5.41) is 0.380. The van der Waals surface area contributed by atoms with E-state index in [2.05, 4.69) is 0 Å². The Morgan fingerprint density at radius 1 is 0.933 bits per heavy atom. The topological polar surface area (TPSA) is 106 Å². The molecule has 1 aliphatic heterocycles. The van der Waals surface area contributed by atoms with Gasteiger partial charge in [0, 0.05) is 37.0 Å². The number of rotatable bonds is 6. The number of nitrogens with zero attached hydrogens (tertiary/aromatic N) is 2. The predicted octanol–water partition coefficient (Wildman–Crippen LogP) is 7.29. The van der Waals surface area contributed by atoms with Crippen molar-refractivity contribution in [2.75, 3.05) is 20.2 Å². The molecule has 45 heavy (non-hydrogen) atoms. The molecule has 244 valence electrons. The molecular formula is C33H40F2N2O8. The molecule has 4 rings (SSSR count). The van der Waals surface area contributed by atoms with Gasteiger partial charge in [-0.3, -0.25) is 4.57 Å². The number of benzene rings is 2. The minimum absolute atomic E-state index is 0.0325. The van der Waals surface area contributed by atoms with E-state index in [1.54, 1.807) is 83.7 Å². The lowest BCUT2D eigenvalue weighted by atomic mass is 9.87. The summed E-state index contributed by atoms with van der Waals surface area (Å²) in [6, 6.07) is 9.71. The number of aryl methyl sites for hydroxylation is 1. The molecule has 0 radical (unpaired) electrons. The van der Waals surface area contributed by atoms with Crippen LogP contribution in [0.1, 0.15) is 75.4 Å². The van der Waals surface area contributed by atoms with Crippen LogP contribution in [0.15, 0.2) is 42.6 Å². The highest BCUT2D eigenvalue weighted by Gasteiger charge is 2.37. The molecule has 10 nitrogen and oxygen atoms in total. The number of likely N-dealkylation sites (tertiary alicyclic amines) is 1. The number of hydrogen-bond acceptors (Lipinski definition) is 8. The number of hydrogen-bond donors (Lipinski definition) is 0. The number of ether oxygens (including phenoxy) is 5. The molecular weight excluding hydrogens is 590 g/mol. The first kappa shape index (κ1) is 33.5. The van der Waals surface area contributed by atoms with E-state index < -0.39 is 48.0 Å². The van der Waals surface area contributed by atoms with Crippen LogP contribution in [0.4, 0.5) is 18.4 Å². The maximum Gasteiger partial charge on any atom is 0.419 e. The number of methoxy groups -OCH3 is 1. The molecule has 1 fully saturated rings.